The van der Waals surface area contributed by atoms with Crippen molar-refractivity contribution < 1.29 is 9.18 Å². The summed E-state index contributed by atoms with van der Waals surface area (Å²) in [5.74, 6) is 0.0621. The van der Waals surface area contributed by atoms with Gasteiger partial charge in [0.15, 0.2) is 5.78 Å². The molecule has 1 nitrogen and oxygen atoms in total. The molecule has 19 heavy (non-hydrogen) atoms. The minimum Gasteiger partial charge on any atom is -0.293 e. The predicted molar refractivity (Wildman–Crippen MR) is 80.3 cm³/mol. The number of hydrogen-bond donors (Lipinski definition) is 0. The van der Waals surface area contributed by atoms with Gasteiger partial charge in [-0.25, -0.2) is 4.39 Å². The van der Waals surface area contributed by atoms with Crippen LogP contribution in [0.3, 0.4) is 0 Å². The van der Waals surface area contributed by atoms with Gasteiger partial charge in [0.05, 0.1) is 5.75 Å². The Balaban J connectivity index is 2.05. The summed E-state index contributed by atoms with van der Waals surface area (Å²) in [5, 5.41) is 0. The molecule has 4 heteroatoms. The van der Waals surface area contributed by atoms with Gasteiger partial charge in [0, 0.05) is 14.9 Å². The molecule has 2 aromatic carbocycles. The van der Waals surface area contributed by atoms with E-state index in [0.717, 1.165) is 9.37 Å². The highest BCUT2D eigenvalue weighted by Crippen LogP contribution is 2.27. The molecule has 0 aliphatic rings. The SMILES string of the molecule is Cc1cc(C(=O)CSc2ccccc2Br)ccc1F. The molecule has 0 fully saturated rings. The number of Topliss-reactive ketones (excluding diaryl/α,β-unsaturated/α-hetero) is 1. The normalized spacial score (nSPS) is 10.5. The van der Waals surface area contributed by atoms with Gasteiger partial charge in [0.25, 0.3) is 0 Å². The van der Waals surface area contributed by atoms with Gasteiger partial charge in [-0.3, -0.25) is 4.79 Å². The quantitative estimate of drug-likeness (QED) is 0.584. The maximum Gasteiger partial charge on any atom is 0.173 e. The second-order valence-corrected chi connectivity index (χ2v) is 5.98. The van der Waals surface area contributed by atoms with E-state index >= 15 is 0 Å². The van der Waals surface area contributed by atoms with Crippen LogP contribution in [0.1, 0.15) is 15.9 Å². The van der Waals surface area contributed by atoms with Crippen molar-refractivity contribution in [2.45, 2.75) is 11.8 Å². The fourth-order valence-electron chi connectivity index (χ4n) is 1.61. The molecule has 0 aliphatic carbocycles. The second-order valence-electron chi connectivity index (χ2n) is 4.11. The van der Waals surface area contributed by atoms with Crippen molar-refractivity contribution in [2.24, 2.45) is 0 Å². The number of ketones is 1. The molecular weight excluding hydrogens is 327 g/mol. The molecule has 0 spiro atoms. The van der Waals surface area contributed by atoms with Gasteiger partial charge in [-0.05, 0) is 58.7 Å². The summed E-state index contributed by atoms with van der Waals surface area (Å²) in [6, 6.07) is 12.2. The molecular formula is C15H12BrFOS. The molecule has 0 bridgehead atoms. The fourth-order valence-corrected chi connectivity index (χ4v) is 3.07. The summed E-state index contributed by atoms with van der Waals surface area (Å²) in [6.45, 7) is 1.66. The Hall–Kier alpha value is -1.13. The third kappa shape index (κ3) is 3.67. The molecule has 2 aromatic rings. The van der Waals surface area contributed by atoms with Crippen molar-refractivity contribution in [3.05, 3.63) is 63.9 Å². The van der Waals surface area contributed by atoms with Gasteiger partial charge < -0.3 is 0 Å². The van der Waals surface area contributed by atoms with E-state index in [1.165, 1.54) is 23.9 Å². The maximum absolute atomic E-state index is 13.1. The van der Waals surface area contributed by atoms with E-state index in [2.05, 4.69) is 15.9 Å². The first-order valence-corrected chi connectivity index (χ1v) is 7.52. The molecule has 0 N–H and O–H groups in total. The Bertz CT molecular complexity index is 613. The molecule has 0 aliphatic heterocycles. The monoisotopic (exact) mass is 338 g/mol. The molecule has 98 valence electrons. The van der Waals surface area contributed by atoms with Crippen molar-refractivity contribution in [3.63, 3.8) is 0 Å². The zero-order chi connectivity index (χ0) is 13.8. The largest absolute Gasteiger partial charge is 0.293 e. The lowest BCUT2D eigenvalue weighted by molar-refractivity contribution is 0.102. The van der Waals surface area contributed by atoms with Crippen LogP contribution >= 0.6 is 27.7 Å². The molecule has 2 rings (SSSR count). The molecule has 0 radical (unpaired) electrons. The Morgan fingerprint density at radius 1 is 1.26 bits per heavy atom. The number of carbonyl (C=O) groups excluding carboxylic acids is 1. The standard InChI is InChI=1S/C15H12BrFOS/c1-10-8-11(6-7-13(10)17)14(18)9-19-15-5-3-2-4-12(15)16/h2-8H,9H2,1H3. The van der Waals surface area contributed by atoms with E-state index in [4.69, 9.17) is 0 Å². The topological polar surface area (TPSA) is 17.1 Å². The molecule has 0 saturated heterocycles. The number of hydrogen-bond acceptors (Lipinski definition) is 2. The van der Waals surface area contributed by atoms with E-state index in [-0.39, 0.29) is 11.6 Å². The van der Waals surface area contributed by atoms with E-state index in [1.807, 2.05) is 24.3 Å². The average Bonchev–Trinajstić information content (AvgIpc) is 2.40. The van der Waals surface area contributed by atoms with Crippen LogP contribution in [-0.2, 0) is 0 Å². The smallest absolute Gasteiger partial charge is 0.173 e. The molecule has 0 saturated carbocycles. The highest BCUT2D eigenvalue weighted by molar-refractivity contribution is 9.10. The number of benzene rings is 2. The third-order valence-electron chi connectivity index (χ3n) is 2.68. The summed E-state index contributed by atoms with van der Waals surface area (Å²) < 4.78 is 14.1. The molecule has 0 unspecified atom stereocenters. The van der Waals surface area contributed by atoms with Crippen LogP contribution in [0.15, 0.2) is 51.8 Å². The Morgan fingerprint density at radius 2 is 2.00 bits per heavy atom. The Kier molecular flexibility index (Phi) is 4.77. The van der Waals surface area contributed by atoms with Crippen LogP contribution in [0, 0.1) is 12.7 Å². The van der Waals surface area contributed by atoms with E-state index < -0.39 is 0 Å². The van der Waals surface area contributed by atoms with Gasteiger partial charge >= 0.3 is 0 Å². The fraction of sp³-hybridized carbons (Fsp3) is 0.133. The first-order valence-electron chi connectivity index (χ1n) is 5.74. The Labute approximate surface area is 124 Å². The predicted octanol–water partition coefficient (Wildman–Crippen LogP) is 4.87. The van der Waals surface area contributed by atoms with Crippen LogP contribution in [0.4, 0.5) is 4.39 Å². The third-order valence-corrected chi connectivity index (χ3v) is 4.70. The van der Waals surface area contributed by atoms with Crippen LogP contribution in [0.25, 0.3) is 0 Å². The van der Waals surface area contributed by atoms with E-state index in [1.54, 1.807) is 13.0 Å². The zero-order valence-electron chi connectivity index (χ0n) is 10.3. The number of rotatable bonds is 4. The number of thioether (sulfide) groups is 1. The van der Waals surface area contributed by atoms with Crippen molar-refractivity contribution >= 4 is 33.5 Å². The van der Waals surface area contributed by atoms with Crippen molar-refractivity contribution in [2.75, 3.05) is 5.75 Å². The van der Waals surface area contributed by atoms with Crippen LogP contribution in [0.5, 0.6) is 0 Å². The highest BCUT2D eigenvalue weighted by atomic mass is 79.9. The lowest BCUT2D eigenvalue weighted by Gasteiger charge is -2.05. The van der Waals surface area contributed by atoms with Crippen molar-refractivity contribution in [1.82, 2.24) is 0 Å². The van der Waals surface area contributed by atoms with Crippen LogP contribution in [-0.4, -0.2) is 11.5 Å². The summed E-state index contributed by atoms with van der Waals surface area (Å²) in [5.41, 5.74) is 1.05. The average molecular weight is 339 g/mol. The number of halogens is 2. The lowest BCUT2D eigenvalue weighted by atomic mass is 10.1. The molecule has 0 aromatic heterocycles. The summed E-state index contributed by atoms with van der Waals surface area (Å²) in [6.07, 6.45) is 0. The molecule has 0 atom stereocenters. The van der Waals surface area contributed by atoms with Crippen LogP contribution in [0.2, 0.25) is 0 Å². The first kappa shape index (κ1) is 14.3. The van der Waals surface area contributed by atoms with Gasteiger partial charge in [-0.2, -0.15) is 0 Å². The van der Waals surface area contributed by atoms with Crippen LogP contribution < -0.4 is 0 Å². The minimum absolute atomic E-state index is 0.00357. The first-order chi connectivity index (χ1) is 9.08. The molecule has 0 heterocycles. The van der Waals surface area contributed by atoms with Crippen molar-refractivity contribution in [3.8, 4) is 0 Å². The van der Waals surface area contributed by atoms with Gasteiger partial charge in [0.1, 0.15) is 5.82 Å². The summed E-state index contributed by atoms with van der Waals surface area (Å²) >= 11 is 4.91. The summed E-state index contributed by atoms with van der Waals surface area (Å²) in [7, 11) is 0. The second kappa shape index (κ2) is 6.35. The summed E-state index contributed by atoms with van der Waals surface area (Å²) in [4.78, 5) is 13.1. The number of carbonyl (C=O) groups is 1. The Morgan fingerprint density at radius 3 is 2.68 bits per heavy atom. The minimum atomic E-state index is -0.282. The number of aryl methyl sites for hydroxylation is 1. The highest BCUT2D eigenvalue weighted by Gasteiger charge is 2.09. The molecule has 0 amide bonds. The van der Waals surface area contributed by atoms with E-state index in [9.17, 15) is 9.18 Å². The van der Waals surface area contributed by atoms with Crippen molar-refractivity contribution in [1.29, 1.82) is 0 Å². The zero-order valence-corrected chi connectivity index (χ0v) is 12.7. The van der Waals surface area contributed by atoms with E-state index in [0.29, 0.717) is 16.9 Å². The van der Waals surface area contributed by atoms with Gasteiger partial charge in [-0.1, -0.05) is 12.1 Å². The van der Waals surface area contributed by atoms with Gasteiger partial charge in [-0.15, -0.1) is 11.8 Å². The lowest BCUT2D eigenvalue weighted by Crippen LogP contribution is -2.03. The maximum atomic E-state index is 13.1. The van der Waals surface area contributed by atoms with Gasteiger partial charge in [0.2, 0.25) is 0 Å².